The van der Waals surface area contributed by atoms with Crippen molar-refractivity contribution in [3.63, 3.8) is 0 Å². The zero-order chi connectivity index (χ0) is 18.5. The maximum Gasteiger partial charge on any atom is 0.309 e. The van der Waals surface area contributed by atoms with Crippen LogP contribution in [0.2, 0.25) is 0 Å². The summed E-state index contributed by atoms with van der Waals surface area (Å²) in [6.45, 7) is 2.28. The van der Waals surface area contributed by atoms with Gasteiger partial charge in [-0.25, -0.2) is 8.78 Å². The van der Waals surface area contributed by atoms with Crippen LogP contribution in [0.1, 0.15) is 90.4 Å². The number of esters is 1. The molecule has 3 atom stereocenters. The van der Waals surface area contributed by atoms with Gasteiger partial charge < -0.3 is 4.74 Å². The lowest BCUT2D eigenvalue weighted by Crippen LogP contribution is -2.38. The number of ether oxygens (including phenoxy) is 1. The monoisotopic (exact) mass is 370 g/mol. The summed E-state index contributed by atoms with van der Waals surface area (Å²) in [6, 6.07) is 0. The van der Waals surface area contributed by atoms with Gasteiger partial charge in [0, 0.05) is 6.42 Å². The zero-order valence-corrected chi connectivity index (χ0v) is 16.3. The van der Waals surface area contributed by atoms with Gasteiger partial charge in [-0.3, -0.25) is 4.79 Å². The number of rotatable bonds is 5. The Kier molecular flexibility index (Phi) is 7.34. The Bertz CT molecular complexity index is 439. The molecule has 0 saturated heterocycles. The third-order valence-electron chi connectivity index (χ3n) is 7.28. The molecule has 150 valence electrons. The first-order valence-electron chi connectivity index (χ1n) is 11.1. The molecule has 3 saturated carbocycles. The Hall–Kier alpha value is -0.670. The summed E-state index contributed by atoms with van der Waals surface area (Å²) in [5.74, 6) is 2.24. The summed E-state index contributed by atoms with van der Waals surface area (Å²) >= 11 is 0. The molecule has 0 aliphatic heterocycles. The summed E-state index contributed by atoms with van der Waals surface area (Å²) in [6.07, 6.45) is 9.54. The Morgan fingerprint density at radius 2 is 1.50 bits per heavy atom. The fraction of sp³-hybridized carbons (Fsp3) is 0.955. The lowest BCUT2D eigenvalue weighted by molar-refractivity contribution is -0.162. The van der Waals surface area contributed by atoms with Gasteiger partial charge in [-0.15, -0.1) is 0 Å². The lowest BCUT2D eigenvalue weighted by atomic mass is 9.69. The molecular weight excluding hydrogens is 334 g/mol. The average molecular weight is 371 g/mol. The fourth-order valence-corrected chi connectivity index (χ4v) is 5.60. The van der Waals surface area contributed by atoms with Gasteiger partial charge in [-0.2, -0.15) is 0 Å². The molecule has 3 rings (SSSR count). The molecule has 2 nitrogen and oxygen atoms in total. The minimum atomic E-state index is -1.34. The number of carbonyl (C=O) groups is 1. The van der Waals surface area contributed by atoms with Crippen LogP contribution in [-0.4, -0.2) is 24.4 Å². The summed E-state index contributed by atoms with van der Waals surface area (Å²) in [4.78, 5) is 12.4. The van der Waals surface area contributed by atoms with E-state index in [9.17, 15) is 13.6 Å². The van der Waals surface area contributed by atoms with Crippen LogP contribution in [0.4, 0.5) is 8.78 Å². The van der Waals surface area contributed by atoms with Crippen molar-refractivity contribution in [2.75, 3.05) is 0 Å². The van der Waals surface area contributed by atoms with Crippen LogP contribution in [0.25, 0.3) is 0 Å². The minimum Gasteiger partial charge on any atom is -0.459 e. The van der Waals surface area contributed by atoms with E-state index < -0.39 is 18.4 Å². The van der Waals surface area contributed by atoms with Crippen LogP contribution >= 0.6 is 0 Å². The lowest BCUT2D eigenvalue weighted by Gasteiger charge is -2.38. The molecule has 0 spiro atoms. The van der Waals surface area contributed by atoms with Crippen molar-refractivity contribution < 1.29 is 18.3 Å². The van der Waals surface area contributed by atoms with Gasteiger partial charge in [0.1, 0.15) is 18.4 Å². The van der Waals surface area contributed by atoms with Gasteiger partial charge >= 0.3 is 5.97 Å². The molecule has 0 N–H and O–H groups in total. The summed E-state index contributed by atoms with van der Waals surface area (Å²) < 4.78 is 32.5. The number of hydrogen-bond acceptors (Lipinski definition) is 2. The predicted molar refractivity (Wildman–Crippen MR) is 99.3 cm³/mol. The summed E-state index contributed by atoms with van der Waals surface area (Å²) in [7, 11) is 0. The van der Waals surface area contributed by atoms with Crippen molar-refractivity contribution in [2.45, 2.75) is 109 Å². The molecular formula is C22H36F2O2. The van der Waals surface area contributed by atoms with Gasteiger partial charge in [-0.1, -0.05) is 32.6 Å². The van der Waals surface area contributed by atoms with E-state index in [2.05, 4.69) is 6.92 Å². The topological polar surface area (TPSA) is 26.3 Å². The van der Waals surface area contributed by atoms with Crippen molar-refractivity contribution in [1.82, 2.24) is 0 Å². The van der Waals surface area contributed by atoms with Crippen LogP contribution in [0.15, 0.2) is 0 Å². The molecule has 0 aromatic carbocycles. The van der Waals surface area contributed by atoms with Gasteiger partial charge in [0.25, 0.3) is 0 Å². The maximum atomic E-state index is 13.9. The van der Waals surface area contributed by atoms with E-state index in [1.54, 1.807) is 0 Å². The Morgan fingerprint density at radius 3 is 2.08 bits per heavy atom. The smallest absolute Gasteiger partial charge is 0.309 e. The molecule has 26 heavy (non-hydrogen) atoms. The highest BCUT2D eigenvalue weighted by Gasteiger charge is 2.37. The second kappa shape index (κ2) is 9.50. The predicted octanol–water partition coefficient (Wildman–Crippen LogP) is 6.17. The van der Waals surface area contributed by atoms with Crippen LogP contribution in [0.5, 0.6) is 0 Å². The quantitative estimate of drug-likeness (QED) is 0.541. The van der Waals surface area contributed by atoms with E-state index in [-0.39, 0.29) is 18.3 Å². The minimum absolute atomic E-state index is 0.0713. The largest absolute Gasteiger partial charge is 0.459 e. The molecule has 0 bridgehead atoms. The first kappa shape index (κ1) is 20.1. The highest BCUT2D eigenvalue weighted by Crippen LogP contribution is 2.42. The first-order valence-corrected chi connectivity index (χ1v) is 11.1. The third-order valence-corrected chi connectivity index (χ3v) is 7.28. The molecule has 0 heterocycles. The van der Waals surface area contributed by atoms with Gasteiger partial charge in [0.05, 0.1) is 5.92 Å². The Morgan fingerprint density at radius 1 is 0.885 bits per heavy atom. The Balaban J connectivity index is 1.39. The SMILES string of the molecule is CCCC1CCC(C2CCC(C(=O)OC3CCC(F)CC3F)CC2)CC1. The molecule has 4 heteroatoms. The normalized spacial score (nSPS) is 41.6. The zero-order valence-electron chi connectivity index (χ0n) is 16.3. The number of hydrogen-bond donors (Lipinski definition) is 0. The van der Waals surface area contributed by atoms with Crippen LogP contribution in [0, 0.1) is 23.7 Å². The summed E-state index contributed by atoms with van der Waals surface area (Å²) in [5.41, 5.74) is 0. The summed E-state index contributed by atoms with van der Waals surface area (Å²) in [5, 5.41) is 0. The molecule has 3 aliphatic rings. The molecule has 3 fully saturated rings. The van der Waals surface area contributed by atoms with Crippen molar-refractivity contribution in [3.05, 3.63) is 0 Å². The van der Waals surface area contributed by atoms with E-state index in [1.807, 2.05) is 0 Å². The van der Waals surface area contributed by atoms with Crippen molar-refractivity contribution in [3.8, 4) is 0 Å². The fourth-order valence-electron chi connectivity index (χ4n) is 5.60. The van der Waals surface area contributed by atoms with E-state index in [0.29, 0.717) is 12.8 Å². The van der Waals surface area contributed by atoms with E-state index >= 15 is 0 Å². The second-order valence-electron chi connectivity index (χ2n) is 9.08. The van der Waals surface area contributed by atoms with E-state index in [1.165, 1.54) is 38.5 Å². The Labute approximate surface area is 157 Å². The molecule has 0 aromatic heterocycles. The highest BCUT2D eigenvalue weighted by molar-refractivity contribution is 5.72. The second-order valence-corrected chi connectivity index (χ2v) is 9.08. The van der Waals surface area contributed by atoms with E-state index in [4.69, 9.17) is 4.74 Å². The van der Waals surface area contributed by atoms with Gasteiger partial charge in [0.2, 0.25) is 0 Å². The number of carbonyl (C=O) groups excluding carboxylic acids is 1. The maximum absolute atomic E-state index is 13.9. The molecule has 0 aromatic rings. The molecule has 0 radical (unpaired) electrons. The number of halogens is 2. The van der Waals surface area contributed by atoms with Gasteiger partial charge in [-0.05, 0) is 69.1 Å². The molecule has 3 unspecified atom stereocenters. The van der Waals surface area contributed by atoms with Gasteiger partial charge in [0.15, 0.2) is 0 Å². The third kappa shape index (κ3) is 5.19. The molecule has 0 amide bonds. The van der Waals surface area contributed by atoms with Crippen LogP contribution in [-0.2, 0) is 9.53 Å². The standard InChI is InChI=1S/C22H36F2O2/c1-2-3-15-4-6-16(7-5-15)17-8-10-18(11-9-17)22(25)26-21-13-12-19(23)14-20(21)24/h15-21H,2-14H2,1H3. The molecule has 3 aliphatic carbocycles. The highest BCUT2D eigenvalue weighted by atomic mass is 19.1. The van der Waals surface area contributed by atoms with Crippen molar-refractivity contribution in [2.24, 2.45) is 23.7 Å². The van der Waals surface area contributed by atoms with E-state index in [0.717, 1.165) is 43.4 Å². The first-order chi connectivity index (χ1) is 12.6. The van der Waals surface area contributed by atoms with Crippen LogP contribution < -0.4 is 0 Å². The number of alkyl halides is 2. The van der Waals surface area contributed by atoms with Crippen molar-refractivity contribution in [1.29, 1.82) is 0 Å². The van der Waals surface area contributed by atoms with Crippen LogP contribution in [0.3, 0.4) is 0 Å². The van der Waals surface area contributed by atoms with Crippen molar-refractivity contribution >= 4 is 5.97 Å². The average Bonchev–Trinajstić information content (AvgIpc) is 2.65.